The van der Waals surface area contributed by atoms with Crippen molar-refractivity contribution in [1.29, 1.82) is 0 Å². The van der Waals surface area contributed by atoms with E-state index in [1.54, 1.807) is 0 Å². The van der Waals surface area contributed by atoms with Crippen molar-refractivity contribution in [2.75, 3.05) is 0 Å². The van der Waals surface area contributed by atoms with E-state index >= 15 is 0 Å². The van der Waals surface area contributed by atoms with Crippen LogP contribution in [0.2, 0.25) is 5.04 Å². The molecule has 1 N–H and O–H groups in total. The lowest BCUT2D eigenvalue weighted by Crippen LogP contribution is -2.68. The van der Waals surface area contributed by atoms with Crippen LogP contribution in [0.3, 0.4) is 0 Å². The van der Waals surface area contributed by atoms with Crippen molar-refractivity contribution in [2.45, 2.75) is 69.8 Å². The first-order chi connectivity index (χ1) is 14.5. The van der Waals surface area contributed by atoms with Crippen LogP contribution in [0.15, 0.2) is 60.7 Å². The van der Waals surface area contributed by atoms with Crippen molar-refractivity contribution < 1.29 is 22.4 Å². The summed E-state index contributed by atoms with van der Waals surface area (Å²) in [6.07, 6.45) is -2.72. The highest BCUT2D eigenvalue weighted by atomic mass is 28.4. The first-order valence-corrected chi connectivity index (χ1v) is 12.6. The van der Waals surface area contributed by atoms with Gasteiger partial charge in [-0.15, -0.1) is 0 Å². The fourth-order valence-corrected chi connectivity index (χ4v) is 9.28. The molecule has 0 spiro atoms. The van der Waals surface area contributed by atoms with Crippen LogP contribution in [-0.4, -0.2) is 32.5 Å². The van der Waals surface area contributed by atoms with E-state index < -0.39 is 26.4 Å². The third kappa shape index (κ3) is 5.21. The molecule has 7 heteroatoms. The summed E-state index contributed by atoms with van der Waals surface area (Å²) in [4.78, 5) is 11.3. The van der Waals surface area contributed by atoms with Crippen LogP contribution >= 0.6 is 0 Å². The average molecular weight is 450 g/mol. The molecule has 3 rings (SSSR count). The molecular weight excluding hydrogens is 419 g/mol. The van der Waals surface area contributed by atoms with Crippen molar-refractivity contribution in [3.05, 3.63) is 60.7 Å². The number of hydrogen-bond acceptors (Lipinski definition) is 2. The topological polar surface area (TPSA) is 38.3 Å². The Hall–Kier alpha value is -2.12. The van der Waals surface area contributed by atoms with Gasteiger partial charge in [0.2, 0.25) is 0 Å². The van der Waals surface area contributed by atoms with Gasteiger partial charge < -0.3 is 9.74 Å². The molecule has 2 aromatic rings. The van der Waals surface area contributed by atoms with Gasteiger partial charge in [0.1, 0.15) is 0 Å². The summed E-state index contributed by atoms with van der Waals surface area (Å²) in [5, 5.41) is 4.34. The zero-order chi connectivity index (χ0) is 22.7. The minimum atomic E-state index is -4.84. The van der Waals surface area contributed by atoms with Crippen LogP contribution < -0.4 is 15.7 Å². The lowest BCUT2D eigenvalue weighted by Gasteiger charge is -2.46. The van der Waals surface area contributed by atoms with Crippen LogP contribution in [0.1, 0.15) is 46.5 Å². The first kappa shape index (κ1) is 23.5. The van der Waals surface area contributed by atoms with Gasteiger partial charge in [-0.3, -0.25) is 4.79 Å². The molecule has 0 unspecified atom stereocenters. The number of carbonyl (C=O) groups is 1. The summed E-state index contributed by atoms with van der Waals surface area (Å²) in [6, 6.07) is 20.1. The Morgan fingerprint density at radius 3 is 1.71 bits per heavy atom. The summed E-state index contributed by atoms with van der Waals surface area (Å²) in [7, 11) is -2.69. The zero-order valence-electron chi connectivity index (χ0n) is 18.2. The molecule has 1 amide bonds. The first-order valence-electron chi connectivity index (χ1n) is 10.7. The standard InChI is InChI=1S/C24H30F3NO2Si/c1-23(2,3)31(20-10-6-4-7-11-20,21-12-8-5-9-13-21)30-19-16-14-18(15-17-19)28-22(29)24(25,26)27/h4-13,18-19H,14-17H2,1-3H3,(H,28,29). The number of halogens is 3. The molecule has 0 atom stereocenters. The molecule has 1 fully saturated rings. The molecule has 0 radical (unpaired) electrons. The van der Waals surface area contributed by atoms with E-state index in [9.17, 15) is 18.0 Å². The number of benzene rings is 2. The number of nitrogens with one attached hydrogen (secondary N) is 1. The van der Waals surface area contributed by atoms with E-state index in [2.05, 4.69) is 50.4 Å². The van der Waals surface area contributed by atoms with Crippen LogP contribution in [0.4, 0.5) is 13.2 Å². The van der Waals surface area contributed by atoms with Gasteiger partial charge in [0, 0.05) is 12.1 Å². The predicted octanol–water partition coefficient (Wildman–Crippen LogP) is 4.55. The average Bonchev–Trinajstić information content (AvgIpc) is 2.73. The van der Waals surface area contributed by atoms with Gasteiger partial charge in [0.25, 0.3) is 8.32 Å². The second-order valence-corrected chi connectivity index (χ2v) is 13.5. The van der Waals surface area contributed by atoms with E-state index in [4.69, 9.17) is 4.43 Å². The van der Waals surface area contributed by atoms with Crippen molar-refractivity contribution in [2.24, 2.45) is 0 Å². The number of hydrogen-bond donors (Lipinski definition) is 1. The van der Waals surface area contributed by atoms with E-state index in [0.717, 1.165) is 0 Å². The Morgan fingerprint density at radius 1 is 0.871 bits per heavy atom. The van der Waals surface area contributed by atoms with E-state index in [-0.39, 0.29) is 11.1 Å². The molecule has 0 bridgehead atoms. The molecule has 1 aliphatic carbocycles. The van der Waals surface area contributed by atoms with Gasteiger partial charge in [-0.1, -0.05) is 81.4 Å². The minimum absolute atomic E-state index is 0.0645. The largest absolute Gasteiger partial charge is 0.471 e. The highest BCUT2D eigenvalue weighted by Gasteiger charge is 2.51. The van der Waals surface area contributed by atoms with Crippen molar-refractivity contribution >= 4 is 24.6 Å². The number of carbonyl (C=O) groups excluding carboxylic acids is 1. The maximum absolute atomic E-state index is 12.6. The number of amides is 1. The van der Waals surface area contributed by atoms with E-state index in [0.29, 0.717) is 25.7 Å². The van der Waals surface area contributed by atoms with Gasteiger partial charge in [-0.25, -0.2) is 0 Å². The lowest BCUT2D eigenvalue weighted by atomic mass is 9.93. The molecule has 0 saturated heterocycles. The Morgan fingerprint density at radius 2 is 1.32 bits per heavy atom. The summed E-state index contributed by atoms with van der Waals surface area (Å²) >= 11 is 0. The maximum atomic E-state index is 12.6. The zero-order valence-corrected chi connectivity index (χ0v) is 19.2. The van der Waals surface area contributed by atoms with Crippen LogP contribution in [0.25, 0.3) is 0 Å². The summed E-state index contributed by atoms with van der Waals surface area (Å²) in [6.45, 7) is 6.61. The predicted molar refractivity (Wildman–Crippen MR) is 119 cm³/mol. The number of alkyl halides is 3. The quantitative estimate of drug-likeness (QED) is 0.680. The minimum Gasteiger partial charge on any atom is -0.404 e. The molecule has 0 heterocycles. The molecule has 168 valence electrons. The summed E-state index contributed by atoms with van der Waals surface area (Å²) in [5.74, 6) is -1.86. The van der Waals surface area contributed by atoms with Crippen molar-refractivity contribution in [3.8, 4) is 0 Å². The monoisotopic (exact) mass is 449 g/mol. The Labute approximate surface area is 183 Å². The van der Waals surface area contributed by atoms with Crippen molar-refractivity contribution in [3.63, 3.8) is 0 Å². The molecule has 3 nitrogen and oxygen atoms in total. The Bertz CT molecular complexity index is 818. The van der Waals surface area contributed by atoms with Gasteiger partial charge in [0.05, 0.1) is 0 Å². The van der Waals surface area contributed by atoms with E-state index in [1.807, 2.05) is 36.4 Å². The Balaban J connectivity index is 1.85. The number of rotatable bonds is 5. The molecule has 0 aromatic heterocycles. The van der Waals surface area contributed by atoms with Crippen LogP contribution in [0, 0.1) is 0 Å². The lowest BCUT2D eigenvalue weighted by molar-refractivity contribution is -0.174. The van der Waals surface area contributed by atoms with E-state index in [1.165, 1.54) is 10.4 Å². The SMILES string of the molecule is CC(C)(C)[Si](OC1CCC(NC(=O)C(F)(F)F)CC1)(c1ccccc1)c1ccccc1. The molecule has 0 aliphatic heterocycles. The third-order valence-electron chi connectivity index (χ3n) is 6.03. The van der Waals surface area contributed by atoms with Gasteiger partial charge >= 0.3 is 12.1 Å². The third-order valence-corrected chi connectivity index (χ3v) is 11.1. The van der Waals surface area contributed by atoms with Crippen LogP contribution in [0.5, 0.6) is 0 Å². The molecule has 2 aromatic carbocycles. The molecule has 1 saturated carbocycles. The molecule has 1 aliphatic rings. The fourth-order valence-electron chi connectivity index (χ4n) is 4.53. The van der Waals surface area contributed by atoms with Gasteiger partial charge in [-0.2, -0.15) is 13.2 Å². The second-order valence-electron chi connectivity index (χ2n) is 9.23. The smallest absolute Gasteiger partial charge is 0.404 e. The maximum Gasteiger partial charge on any atom is 0.471 e. The summed E-state index contributed by atoms with van der Waals surface area (Å²) < 4.78 is 44.8. The highest BCUT2D eigenvalue weighted by molar-refractivity contribution is 6.99. The normalized spacial score (nSPS) is 20.3. The highest BCUT2D eigenvalue weighted by Crippen LogP contribution is 2.39. The van der Waals surface area contributed by atoms with Gasteiger partial charge in [0.15, 0.2) is 0 Å². The van der Waals surface area contributed by atoms with Gasteiger partial charge in [-0.05, 0) is 41.1 Å². The molecular formula is C24H30F3NO2Si. The fraction of sp³-hybridized carbons (Fsp3) is 0.458. The Kier molecular flexibility index (Phi) is 6.96. The molecule has 31 heavy (non-hydrogen) atoms. The van der Waals surface area contributed by atoms with Crippen molar-refractivity contribution in [1.82, 2.24) is 5.32 Å². The summed E-state index contributed by atoms with van der Waals surface area (Å²) in [5.41, 5.74) is 0. The second kappa shape index (κ2) is 9.16. The van der Waals surface area contributed by atoms with Crippen LogP contribution in [-0.2, 0) is 9.22 Å².